The predicted octanol–water partition coefficient (Wildman–Crippen LogP) is 1.72. The highest BCUT2D eigenvalue weighted by Gasteiger charge is 2.21. The van der Waals surface area contributed by atoms with Crippen LogP contribution in [-0.2, 0) is 22.4 Å². The Bertz CT molecular complexity index is 442. The van der Waals surface area contributed by atoms with E-state index in [9.17, 15) is 9.59 Å². The molecule has 0 saturated carbocycles. The van der Waals surface area contributed by atoms with Crippen molar-refractivity contribution in [2.75, 3.05) is 7.05 Å². The molecule has 0 aliphatic rings. The van der Waals surface area contributed by atoms with Crippen molar-refractivity contribution < 1.29 is 14.7 Å². The summed E-state index contributed by atoms with van der Waals surface area (Å²) in [4.78, 5) is 24.1. The molecule has 18 heavy (non-hydrogen) atoms. The van der Waals surface area contributed by atoms with Gasteiger partial charge in [-0.3, -0.25) is 4.79 Å². The van der Waals surface area contributed by atoms with Crippen molar-refractivity contribution in [2.24, 2.45) is 0 Å². The van der Waals surface area contributed by atoms with Crippen LogP contribution in [0.2, 0.25) is 0 Å². The molecule has 1 rings (SSSR count). The number of hydrogen-bond donors (Lipinski definition) is 1. The van der Waals surface area contributed by atoms with Crippen LogP contribution < -0.4 is 0 Å². The first kappa shape index (κ1) is 14.2. The number of nitrogens with zero attached hydrogens (tertiary/aromatic N) is 1. The van der Waals surface area contributed by atoms with E-state index in [4.69, 9.17) is 5.11 Å². The Balaban J connectivity index is 2.78. The number of carboxylic acids is 1. The van der Waals surface area contributed by atoms with Crippen LogP contribution in [0.1, 0.15) is 25.0 Å². The van der Waals surface area contributed by atoms with E-state index in [-0.39, 0.29) is 12.3 Å². The topological polar surface area (TPSA) is 57.6 Å². The summed E-state index contributed by atoms with van der Waals surface area (Å²) in [5, 5.41) is 8.87. The minimum atomic E-state index is -0.991. The largest absolute Gasteiger partial charge is 0.480 e. The van der Waals surface area contributed by atoms with Crippen LogP contribution in [0.15, 0.2) is 24.3 Å². The van der Waals surface area contributed by atoms with Gasteiger partial charge in [0.05, 0.1) is 6.42 Å². The minimum absolute atomic E-state index is 0.175. The minimum Gasteiger partial charge on any atom is -0.480 e. The Hall–Kier alpha value is -1.84. The number of carbonyl (C=O) groups is 2. The van der Waals surface area contributed by atoms with Gasteiger partial charge in [-0.1, -0.05) is 31.2 Å². The van der Waals surface area contributed by atoms with Gasteiger partial charge < -0.3 is 10.0 Å². The average molecular weight is 249 g/mol. The molecule has 1 aromatic rings. The summed E-state index contributed by atoms with van der Waals surface area (Å²) in [7, 11) is 1.52. The van der Waals surface area contributed by atoms with Crippen LogP contribution in [0.3, 0.4) is 0 Å². The monoisotopic (exact) mass is 249 g/mol. The first-order valence-corrected chi connectivity index (χ1v) is 6.02. The maximum atomic E-state index is 12.0. The van der Waals surface area contributed by atoms with E-state index in [1.807, 2.05) is 31.2 Å². The van der Waals surface area contributed by atoms with Crippen LogP contribution in [-0.4, -0.2) is 35.0 Å². The fourth-order valence-electron chi connectivity index (χ4n) is 1.74. The first-order chi connectivity index (χ1) is 8.47. The quantitative estimate of drug-likeness (QED) is 0.864. The average Bonchev–Trinajstić information content (AvgIpc) is 2.37. The Kier molecular flexibility index (Phi) is 4.89. The first-order valence-electron chi connectivity index (χ1n) is 6.02. The van der Waals surface area contributed by atoms with Crippen LogP contribution in [0.5, 0.6) is 0 Å². The number of carbonyl (C=O) groups excluding carboxylic acids is 1. The lowest BCUT2D eigenvalue weighted by Crippen LogP contribution is -2.41. The number of aryl methyl sites for hydroxylation is 1. The number of amides is 1. The zero-order valence-electron chi connectivity index (χ0n) is 11.0. The van der Waals surface area contributed by atoms with Crippen molar-refractivity contribution in [3.8, 4) is 0 Å². The standard InChI is InChI=1S/C14H19NO3/c1-4-11-7-5-6-8-12(11)9-13(16)15(3)10(2)14(17)18/h5-8,10H,4,9H2,1-3H3,(H,17,18). The molecule has 0 saturated heterocycles. The second kappa shape index (κ2) is 6.19. The number of carboxylic acid groups (broad SMARTS) is 1. The summed E-state index contributed by atoms with van der Waals surface area (Å²) in [5.74, 6) is -1.17. The van der Waals surface area contributed by atoms with Crippen molar-refractivity contribution in [3.05, 3.63) is 35.4 Å². The van der Waals surface area contributed by atoms with Gasteiger partial charge in [-0.2, -0.15) is 0 Å². The second-order valence-corrected chi connectivity index (χ2v) is 4.32. The smallest absolute Gasteiger partial charge is 0.326 e. The van der Waals surface area contributed by atoms with E-state index in [1.165, 1.54) is 18.9 Å². The molecule has 0 heterocycles. The van der Waals surface area contributed by atoms with Crippen LogP contribution in [0.4, 0.5) is 0 Å². The third-order valence-corrected chi connectivity index (χ3v) is 3.17. The summed E-state index contributed by atoms with van der Waals surface area (Å²) in [6.07, 6.45) is 1.11. The van der Waals surface area contributed by atoms with Crippen molar-refractivity contribution in [1.29, 1.82) is 0 Å². The van der Waals surface area contributed by atoms with Gasteiger partial charge in [-0.15, -0.1) is 0 Å². The molecule has 0 aromatic heterocycles. The Morgan fingerprint density at radius 2 is 1.83 bits per heavy atom. The fraction of sp³-hybridized carbons (Fsp3) is 0.429. The van der Waals surface area contributed by atoms with E-state index in [0.29, 0.717) is 0 Å². The molecular formula is C14H19NO3. The molecule has 98 valence electrons. The summed E-state index contributed by atoms with van der Waals surface area (Å²) in [5.41, 5.74) is 2.09. The summed E-state index contributed by atoms with van der Waals surface area (Å²) < 4.78 is 0. The molecule has 0 aliphatic carbocycles. The Morgan fingerprint density at radius 1 is 1.28 bits per heavy atom. The molecule has 1 atom stereocenters. The molecule has 1 amide bonds. The van der Waals surface area contributed by atoms with Crippen molar-refractivity contribution in [2.45, 2.75) is 32.7 Å². The number of likely N-dealkylation sites (N-methyl/N-ethyl adjacent to an activating group) is 1. The molecule has 0 aliphatic heterocycles. The number of benzene rings is 1. The third-order valence-electron chi connectivity index (χ3n) is 3.17. The highest BCUT2D eigenvalue weighted by atomic mass is 16.4. The summed E-state index contributed by atoms with van der Waals surface area (Å²) in [6, 6.07) is 6.93. The lowest BCUT2D eigenvalue weighted by molar-refractivity contribution is -0.148. The maximum absolute atomic E-state index is 12.0. The highest BCUT2D eigenvalue weighted by Crippen LogP contribution is 2.12. The lowest BCUT2D eigenvalue weighted by atomic mass is 10.0. The summed E-state index contributed by atoms with van der Waals surface area (Å²) in [6.45, 7) is 3.54. The normalized spacial score (nSPS) is 11.9. The lowest BCUT2D eigenvalue weighted by Gasteiger charge is -2.22. The molecule has 0 spiro atoms. The SMILES string of the molecule is CCc1ccccc1CC(=O)N(C)C(C)C(=O)O. The predicted molar refractivity (Wildman–Crippen MR) is 69.4 cm³/mol. The molecule has 4 nitrogen and oxygen atoms in total. The maximum Gasteiger partial charge on any atom is 0.326 e. The van der Waals surface area contributed by atoms with Gasteiger partial charge in [0.1, 0.15) is 6.04 Å². The van der Waals surface area contributed by atoms with Gasteiger partial charge >= 0.3 is 5.97 Å². The fourth-order valence-corrected chi connectivity index (χ4v) is 1.74. The Morgan fingerprint density at radius 3 is 2.33 bits per heavy atom. The van der Waals surface area contributed by atoms with Gasteiger partial charge in [0.2, 0.25) is 5.91 Å². The van der Waals surface area contributed by atoms with E-state index < -0.39 is 12.0 Å². The van der Waals surface area contributed by atoms with Crippen molar-refractivity contribution in [3.63, 3.8) is 0 Å². The van der Waals surface area contributed by atoms with Crippen molar-refractivity contribution >= 4 is 11.9 Å². The zero-order chi connectivity index (χ0) is 13.7. The molecule has 4 heteroatoms. The molecule has 0 radical (unpaired) electrons. The second-order valence-electron chi connectivity index (χ2n) is 4.32. The molecule has 1 N–H and O–H groups in total. The van der Waals surface area contributed by atoms with Crippen LogP contribution in [0.25, 0.3) is 0 Å². The van der Waals surface area contributed by atoms with Crippen LogP contribution >= 0.6 is 0 Å². The molecular weight excluding hydrogens is 230 g/mol. The molecule has 1 aromatic carbocycles. The number of rotatable bonds is 5. The van der Waals surface area contributed by atoms with Crippen molar-refractivity contribution in [1.82, 2.24) is 4.90 Å². The van der Waals surface area contributed by atoms with E-state index in [2.05, 4.69) is 0 Å². The highest BCUT2D eigenvalue weighted by molar-refractivity contribution is 5.84. The summed E-state index contributed by atoms with van der Waals surface area (Å²) >= 11 is 0. The molecule has 0 bridgehead atoms. The van der Waals surface area contributed by atoms with Crippen LogP contribution in [0, 0.1) is 0 Å². The van der Waals surface area contributed by atoms with Gasteiger partial charge in [0.15, 0.2) is 0 Å². The molecule has 0 fully saturated rings. The third kappa shape index (κ3) is 3.32. The van der Waals surface area contributed by atoms with Gasteiger partial charge in [-0.25, -0.2) is 4.79 Å². The molecule has 1 unspecified atom stereocenters. The zero-order valence-corrected chi connectivity index (χ0v) is 11.0. The number of aliphatic carboxylic acids is 1. The number of hydrogen-bond acceptors (Lipinski definition) is 2. The van der Waals surface area contributed by atoms with E-state index >= 15 is 0 Å². The van der Waals surface area contributed by atoms with Gasteiger partial charge in [-0.05, 0) is 24.5 Å². The van der Waals surface area contributed by atoms with Gasteiger partial charge in [0, 0.05) is 7.05 Å². The van der Waals surface area contributed by atoms with Gasteiger partial charge in [0.25, 0.3) is 0 Å². The van der Waals surface area contributed by atoms with E-state index in [0.717, 1.165) is 17.5 Å². The van der Waals surface area contributed by atoms with E-state index in [1.54, 1.807) is 0 Å². The Labute approximate surface area is 107 Å².